The number of hydrogen-bond acceptors (Lipinski definition) is 3. The standard InChI is InChI=1S/C10H17NO2S/c12-10(13)6-9-7-14-5-4-11(9)8-2-1-3-8/h8-9H,1-7H2,(H,12,13). The van der Waals surface area contributed by atoms with Crippen molar-refractivity contribution in [1.82, 2.24) is 4.90 Å². The molecule has 2 aliphatic rings. The van der Waals surface area contributed by atoms with E-state index >= 15 is 0 Å². The second kappa shape index (κ2) is 4.53. The van der Waals surface area contributed by atoms with Crippen LogP contribution in [0.25, 0.3) is 0 Å². The normalized spacial score (nSPS) is 29.9. The predicted molar refractivity (Wildman–Crippen MR) is 57.7 cm³/mol. The predicted octanol–water partition coefficient (Wildman–Crippen LogP) is 1.43. The van der Waals surface area contributed by atoms with Crippen LogP contribution in [-0.2, 0) is 4.79 Å². The summed E-state index contributed by atoms with van der Waals surface area (Å²) in [5.74, 6) is 1.52. The van der Waals surface area contributed by atoms with Crippen molar-refractivity contribution >= 4 is 17.7 Å². The molecule has 1 atom stereocenters. The Kier molecular flexibility index (Phi) is 3.34. The number of carboxylic acids is 1. The minimum atomic E-state index is -0.651. The minimum Gasteiger partial charge on any atom is -0.481 e. The number of aliphatic carboxylic acids is 1. The van der Waals surface area contributed by atoms with Gasteiger partial charge in [-0.15, -0.1) is 0 Å². The summed E-state index contributed by atoms with van der Waals surface area (Å²) in [5.41, 5.74) is 0. The fraction of sp³-hybridized carbons (Fsp3) is 0.900. The molecule has 0 aromatic heterocycles. The monoisotopic (exact) mass is 215 g/mol. The van der Waals surface area contributed by atoms with Crippen molar-refractivity contribution in [2.24, 2.45) is 0 Å². The lowest BCUT2D eigenvalue weighted by Crippen LogP contribution is -2.51. The van der Waals surface area contributed by atoms with Crippen molar-refractivity contribution in [1.29, 1.82) is 0 Å². The van der Waals surface area contributed by atoms with Crippen LogP contribution in [0.5, 0.6) is 0 Å². The molecule has 4 heteroatoms. The Morgan fingerprint density at radius 2 is 2.29 bits per heavy atom. The van der Waals surface area contributed by atoms with Crippen LogP contribution < -0.4 is 0 Å². The minimum absolute atomic E-state index is 0.288. The van der Waals surface area contributed by atoms with Crippen molar-refractivity contribution in [2.45, 2.75) is 37.8 Å². The number of carboxylic acid groups (broad SMARTS) is 1. The summed E-state index contributed by atoms with van der Waals surface area (Å²) in [6.45, 7) is 1.09. The molecule has 0 radical (unpaired) electrons. The van der Waals surface area contributed by atoms with Gasteiger partial charge in [0.2, 0.25) is 0 Å². The van der Waals surface area contributed by atoms with E-state index in [9.17, 15) is 4.79 Å². The number of carbonyl (C=O) groups is 1. The molecule has 2 fully saturated rings. The van der Waals surface area contributed by atoms with Crippen LogP contribution in [0.15, 0.2) is 0 Å². The number of nitrogens with zero attached hydrogens (tertiary/aromatic N) is 1. The molecule has 1 saturated heterocycles. The first-order chi connectivity index (χ1) is 6.77. The molecule has 14 heavy (non-hydrogen) atoms. The van der Waals surface area contributed by atoms with Crippen LogP contribution in [0.2, 0.25) is 0 Å². The molecule has 0 amide bonds. The molecular weight excluding hydrogens is 198 g/mol. The first-order valence-corrected chi connectivity index (χ1v) is 6.48. The van der Waals surface area contributed by atoms with Gasteiger partial charge in [0.05, 0.1) is 6.42 Å². The van der Waals surface area contributed by atoms with E-state index < -0.39 is 5.97 Å². The molecule has 0 spiro atoms. The van der Waals surface area contributed by atoms with Crippen LogP contribution >= 0.6 is 11.8 Å². The summed E-state index contributed by atoms with van der Waals surface area (Å²) in [5, 5.41) is 8.82. The average Bonchev–Trinajstić information content (AvgIpc) is 2.04. The van der Waals surface area contributed by atoms with Gasteiger partial charge in [0, 0.05) is 30.1 Å². The Morgan fingerprint density at radius 1 is 1.50 bits per heavy atom. The van der Waals surface area contributed by atoms with E-state index in [1.165, 1.54) is 25.0 Å². The van der Waals surface area contributed by atoms with Gasteiger partial charge < -0.3 is 5.11 Å². The van der Waals surface area contributed by atoms with Gasteiger partial charge in [-0.1, -0.05) is 6.42 Å². The fourth-order valence-corrected chi connectivity index (χ4v) is 3.33. The second-order valence-electron chi connectivity index (χ2n) is 4.15. The Morgan fingerprint density at radius 3 is 2.86 bits per heavy atom. The van der Waals surface area contributed by atoms with Crippen LogP contribution in [0, 0.1) is 0 Å². The average molecular weight is 215 g/mol. The van der Waals surface area contributed by atoms with Gasteiger partial charge >= 0.3 is 5.97 Å². The lowest BCUT2D eigenvalue weighted by molar-refractivity contribution is -0.138. The largest absolute Gasteiger partial charge is 0.481 e. The third-order valence-corrected chi connectivity index (χ3v) is 4.32. The summed E-state index contributed by atoms with van der Waals surface area (Å²) < 4.78 is 0. The van der Waals surface area contributed by atoms with Crippen molar-refractivity contribution in [3.63, 3.8) is 0 Å². The molecule has 1 aliphatic heterocycles. The molecule has 1 heterocycles. The first kappa shape index (κ1) is 10.3. The number of rotatable bonds is 3. The Balaban J connectivity index is 1.92. The smallest absolute Gasteiger partial charge is 0.304 e. The molecule has 0 bridgehead atoms. The third-order valence-electron chi connectivity index (χ3n) is 3.23. The van der Waals surface area contributed by atoms with Gasteiger partial charge in [-0.25, -0.2) is 0 Å². The van der Waals surface area contributed by atoms with Crippen molar-refractivity contribution in [3.8, 4) is 0 Å². The third kappa shape index (κ3) is 2.23. The first-order valence-electron chi connectivity index (χ1n) is 5.32. The zero-order valence-electron chi connectivity index (χ0n) is 8.32. The zero-order chi connectivity index (χ0) is 9.97. The van der Waals surface area contributed by atoms with Gasteiger partial charge in [0.15, 0.2) is 0 Å². The molecule has 0 aromatic rings. The Bertz CT molecular complexity index is 218. The highest BCUT2D eigenvalue weighted by Crippen LogP contribution is 2.30. The number of hydrogen-bond donors (Lipinski definition) is 1. The van der Waals surface area contributed by atoms with Crippen LogP contribution in [-0.4, -0.2) is 46.1 Å². The molecule has 1 saturated carbocycles. The van der Waals surface area contributed by atoms with E-state index in [2.05, 4.69) is 4.90 Å². The van der Waals surface area contributed by atoms with Gasteiger partial charge in [0.25, 0.3) is 0 Å². The summed E-state index contributed by atoms with van der Waals surface area (Å²) in [6, 6.07) is 0.983. The van der Waals surface area contributed by atoms with Gasteiger partial charge in [-0.05, 0) is 12.8 Å². The van der Waals surface area contributed by atoms with E-state index in [0.717, 1.165) is 12.3 Å². The Hall–Kier alpha value is -0.220. The molecule has 2 rings (SSSR count). The van der Waals surface area contributed by atoms with Gasteiger partial charge in [-0.3, -0.25) is 9.69 Å². The molecule has 1 aliphatic carbocycles. The lowest BCUT2D eigenvalue weighted by Gasteiger charge is -2.44. The maximum atomic E-state index is 10.7. The highest BCUT2D eigenvalue weighted by atomic mass is 32.2. The second-order valence-corrected chi connectivity index (χ2v) is 5.30. The molecule has 0 aromatic carbocycles. The molecule has 80 valence electrons. The summed E-state index contributed by atoms with van der Waals surface area (Å²) in [4.78, 5) is 13.1. The van der Waals surface area contributed by atoms with Gasteiger partial charge in [0.1, 0.15) is 0 Å². The van der Waals surface area contributed by atoms with Crippen LogP contribution in [0.3, 0.4) is 0 Å². The highest BCUT2D eigenvalue weighted by molar-refractivity contribution is 7.99. The zero-order valence-corrected chi connectivity index (χ0v) is 9.13. The quantitative estimate of drug-likeness (QED) is 0.773. The van der Waals surface area contributed by atoms with E-state index in [1.54, 1.807) is 0 Å². The van der Waals surface area contributed by atoms with Crippen molar-refractivity contribution < 1.29 is 9.90 Å². The van der Waals surface area contributed by atoms with Crippen molar-refractivity contribution in [3.05, 3.63) is 0 Å². The topological polar surface area (TPSA) is 40.5 Å². The molecular formula is C10H17NO2S. The maximum absolute atomic E-state index is 10.7. The maximum Gasteiger partial charge on any atom is 0.304 e. The highest BCUT2D eigenvalue weighted by Gasteiger charge is 2.33. The summed E-state index contributed by atoms with van der Waals surface area (Å²) in [7, 11) is 0. The molecule has 3 nitrogen and oxygen atoms in total. The van der Waals surface area contributed by atoms with E-state index in [-0.39, 0.29) is 6.04 Å². The fourth-order valence-electron chi connectivity index (χ4n) is 2.24. The lowest BCUT2D eigenvalue weighted by atomic mass is 9.90. The van der Waals surface area contributed by atoms with Crippen LogP contribution in [0.1, 0.15) is 25.7 Å². The molecule has 1 unspecified atom stereocenters. The van der Waals surface area contributed by atoms with Crippen LogP contribution in [0.4, 0.5) is 0 Å². The summed E-state index contributed by atoms with van der Waals surface area (Å²) in [6.07, 6.45) is 4.21. The van der Waals surface area contributed by atoms with E-state index in [0.29, 0.717) is 12.5 Å². The van der Waals surface area contributed by atoms with E-state index in [4.69, 9.17) is 5.11 Å². The Labute approximate surface area is 88.9 Å². The molecule has 1 N–H and O–H groups in total. The van der Waals surface area contributed by atoms with E-state index in [1.807, 2.05) is 11.8 Å². The SMILES string of the molecule is O=C(O)CC1CSCCN1C1CCC1. The summed E-state index contributed by atoms with van der Waals surface area (Å²) >= 11 is 1.90. The van der Waals surface area contributed by atoms with Crippen molar-refractivity contribution in [2.75, 3.05) is 18.1 Å². The number of thioether (sulfide) groups is 1. The van der Waals surface area contributed by atoms with Gasteiger partial charge in [-0.2, -0.15) is 11.8 Å².